The van der Waals surface area contributed by atoms with E-state index >= 15 is 0 Å². The monoisotopic (exact) mass is 184 g/mol. The van der Waals surface area contributed by atoms with Crippen molar-refractivity contribution in [2.75, 3.05) is 25.9 Å². The second-order valence-electron chi connectivity index (χ2n) is 3.23. The Kier molecular flexibility index (Phi) is 1.98. The first-order valence-corrected chi connectivity index (χ1v) is 4.85. The fraction of sp³-hybridized carbons (Fsp3) is 0.714. The minimum absolute atomic E-state index is 0.560. The fourth-order valence-corrected chi connectivity index (χ4v) is 2.28. The summed E-state index contributed by atoms with van der Waals surface area (Å²) in [6.45, 7) is 2.25. The number of hydrogen-bond donors (Lipinski definition) is 1. The number of likely N-dealkylation sites (N-methyl/N-ethyl adjacent to an activating group) is 1. The quantitative estimate of drug-likeness (QED) is 0.692. The maximum absolute atomic E-state index is 5.51. The molecule has 0 aliphatic carbocycles. The van der Waals surface area contributed by atoms with Crippen molar-refractivity contribution in [3.05, 3.63) is 5.01 Å². The zero-order chi connectivity index (χ0) is 8.55. The standard InChI is InChI=1S/C7H12N4S/c1-11-3-2-5(4-11)6-9-10-7(8)12-6/h5H,2-4H2,1H3,(H2,8,10). The molecule has 4 nitrogen and oxygen atoms in total. The van der Waals surface area contributed by atoms with Crippen LogP contribution in [0.15, 0.2) is 0 Å². The van der Waals surface area contributed by atoms with Gasteiger partial charge >= 0.3 is 0 Å². The van der Waals surface area contributed by atoms with Crippen LogP contribution in [0.3, 0.4) is 0 Å². The molecule has 66 valence electrons. The van der Waals surface area contributed by atoms with Gasteiger partial charge in [-0.1, -0.05) is 11.3 Å². The van der Waals surface area contributed by atoms with E-state index < -0.39 is 0 Å². The molecule has 1 aliphatic rings. The average molecular weight is 184 g/mol. The topological polar surface area (TPSA) is 55.0 Å². The molecule has 12 heavy (non-hydrogen) atoms. The third-order valence-electron chi connectivity index (χ3n) is 2.20. The van der Waals surface area contributed by atoms with Crippen LogP contribution in [-0.2, 0) is 0 Å². The van der Waals surface area contributed by atoms with Crippen LogP contribution in [0, 0.1) is 0 Å². The van der Waals surface area contributed by atoms with E-state index in [4.69, 9.17) is 5.73 Å². The number of rotatable bonds is 1. The van der Waals surface area contributed by atoms with Gasteiger partial charge in [-0.25, -0.2) is 0 Å². The van der Waals surface area contributed by atoms with E-state index in [9.17, 15) is 0 Å². The second kappa shape index (κ2) is 2.99. The molecule has 2 heterocycles. The molecule has 1 saturated heterocycles. The van der Waals surface area contributed by atoms with Gasteiger partial charge in [0.25, 0.3) is 0 Å². The molecule has 0 bridgehead atoms. The molecule has 0 radical (unpaired) electrons. The lowest BCUT2D eigenvalue weighted by Gasteiger charge is -2.05. The van der Waals surface area contributed by atoms with Crippen molar-refractivity contribution < 1.29 is 0 Å². The minimum Gasteiger partial charge on any atom is -0.374 e. The van der Waals surface area contributed by atoms with Crippen LogP contribution in [0.4, 0.5) is 5.13 Å². The molecule has 2 N–H and O–H groups in total. The van der Waals surface area contributed by atoms with Gasteiger partial charge in [-0.2, -0.15) is 0 Å². The molecule has 0 spiro atoms. The molecular formula is C7H12N4S. The predicted molar refractivity (Wildman–Crippen MR) is 49.2 cm³/mol. The molecule has 5 heteroatoms. The van der Waals surface area contributed by atoms with E-state index in [1.165, 1.54) is 17.8 Å². The number of nitrogen functional groups attached to an aromatic ring is 1. The predicted octanol–water partition coefficient (Wildman–Crippen LogP) is 0.539. The Morgan fingerprint density at radius 1 is 1.58 bits per heavy atom. The number of likely N-dealkylation sites (tertiary alicyclic amines) is 1. The Morgan fingerprint density at radius 2 is 2.42 bits per heavy atom. The normalized spacial score (nSPS) is 24.9. The Hall–Kier alpha value is -0.680. The SMILES string of the molecule is CN1CCC(c2nnc(N)s2)C1. The lowest BCUT2D eigenvalue weighted by Crippen LogP contribution is -2.13. The van der Waals surface area contributed by atoms with Gasteiger partial charge < -0.3 is 10.6 Å². The summed E-state index contributed by atoms with van der Waals surface area (Å²) in [6, 6.07) is 0. The molecule has 0 aromatic carbocycles. The molecule has 0 amide bonds. The summed E-state index contributed by atoms with van der Waals surface area (Å²) in [5.74, 6) is 0.560. The molecule has 1 unspecified atom stereocenters. The Labute approximate surface area is 75.4 Å². The summed E-state index contributed by atoms with van der Waals surface area (Å²) in [7, 11) is 2.13. The number of anilines is 1. The summed E-state index contributed by atoms with van der Waals surface area (Å²) in [5.41, 5.74) is 5.51. The van der Waals surface area contributed by atoms with Gasteiger partial charge in [-0.15, -0.1) is 10.2 Å². The van der Waals surface area contributed by atoms with Crippen LogP contribution < -0.4 is 5.73 Å². The highest BCUT2D eigenvalue weighted by atomic mass is 32.1. The van der Waals surface area contributed by atoms with E-state index in [1.54, 1.807) is 0 Å². The molecule has 1 aromatic rings. The molecule has 0 saturated carbocycles. The molecule has 1 fully saturated rings. The van der Waals surface area contributed by atoms with E-state index in [0.29, 0.717) is 11.0 Å². The van der Waals surface area contributed by atoms with Crippen LogP contribution in [0.5, 0.6) is 0 Å². The highest BCUT2D eigenvalue weighted by molar-refractivity contribution is 7.15. The summed E-state index contributed by atoms with van der Waals surface area (Å²) in [4.78, 5) is 2.31. The number of hydrogen-bond acceptors (Lipinski definition) is 5. The highest BCUT2D eigenvalue weighted by Crippen LogP contribution is 2.28. The largest absolute Gasteiger partial charge is 0.374 e. The molecule has 1 aromatic heterocycles. The Bertz CT molecular complexity index is 272. The zero-order valence-corrected chi connectivity index (χ0v) is 7.84. The van der Waals surface area contributed by atoms with E-state index in [0.717, 1.165) is 18.1 Å². The average Bonchev–Trinajstić information content (AvgIpc) is 2.58. The van der Waals surface area contributed by atoms with Gasteiger partial charge in [0.05, 0.1) is 0 Å². The third kappa shape index (κ3) is 1.42. The Morgan fingerprint density at radius 3 is 2.92 bits per heavy atom. The minimum atomic E-state index is 0.560. The smallest absolute Gasteiger partial charge is 0.203 e. The maximum Gasteiger partial charge on any atom is 0.203 e. The number of aromatic nitrogens is 2. The first-order valence-electron chi connectivity index (χ1n) is 4.03. The fourth-order valence-electron chi connectivity index (χ4n) is 1.55. The van der Waals surface area contributed by atoms with Gasteiger partial charge in [0, 0.05) is 12.5 Å². The summed E-state index contributed by atoms with van der Waals surface area (Å²) in [6.07, 6.45) is 1.19. The van der Waals surface area contributed by atoms with Gasteiger partial charge in [-0.05, 0) is 20.0 Å². The van der Waals surface area contributed by atoms with Crippen molar-refractivity contribution in [3.8, 4) is 0 Å². The van der Waals surface area contributed by atoms with E-state index in [-0.39, 0.29) is 0 Å². The van der Waals surface area contributed by atoms with Crippen LogP contribution in [-0.4, -0.2) is 35.2 Å². The van der Waals surface area contributed by atoms with Crippen LogP contribution in [0.25, 0.3) is 0 Å². The first kappa shape index (κ1) is 7.94. The van der Waals surface area contributed by atoms with Crippen LogP contribution >= 0.6 is 11.3 Å². The molecule has 2 rings (SSSR count). The summed E-state index contributed by atoms with van der Waals surface area (Å²) < 4.78 is 0. The van der Waals surface area contributed by atoms with Gasteiger partial charge in [0.2, 0.25) is 5.13 Å². The molecule has 1 aliphatic heterocycles. The summed E-state index contributed by atoms with van der Waals surface area (Å²) >= 11 is 1.52. The van der Waals surface area contributed by atoms with Crippen LogP contribution in [0.2, 0.25) is 0 Å². The zero-order valence-electron chi connectivity index (χ0n) is 7.03. The number of nitrogens with zero attached hydrogens (tertiary/aromatic N) is 3. The van der Waals surface area contributed by atoms with Crippen molar-refractivity contribution in [2.45, 2.75) is 12.3 Å². The van der Waals surface area contributed by atoms with Gasteiger partial charge in [-0.3, -0.25) is 0 Å². The third-order valence-corrected chi connectivity index (χ3v) is 3.11. The highest BCUT2D eigenvalue weighted by Gasteiger charge is 2.23. The van der Waals surface area contributed by atoms with E-state index in [2.05, 4.69) is 22.1 Å². The van der Waals surface area contributed by atoms with Crippen molar-refractivity contribution >= 4 is 16.5 Å². The van der Waals surface area contributed by atoms with E-state index in [1.807, 2.05) is 0 Å². The van der Waals surface area contributed by atoms with Gasteiger partial charge in [0.1, 0.15) is 5.01 Å². The maximum atomic E-state index is 5.51. The lowest BCUT2D eigenvalue weighted by atomic mass is 10.1. The van der Waals surface area contributed by atoms with Crippen LogP contribution in [0.1, 0.15) is 17.3 Å². The lowest BCUT2D eigenvalue weighted by molar-refractivity contribution is 0.411. The van der Waals surface area contributed by atoms with Gasteiger partial charge in [0.15, 0.2) is 0 Å². The second-order valence-corrected chi connectivity index (χ2v) is 4.27. The van der Waals surface area contributed by atoms with Crippen molar-refractivity contribution in [1.82, 2.24) is 15.1 Å². The van der Waals surface area contributed by atoms with Crippen molar-refractivity contribution in [2.24, 2.45) is 0 Å². The number of nitrogens with two attached hydrogens (primary N) is 1. The first-order chi connectivity index (χ1) is 5.75. The van der Waals surface area contributed by atoms with Crippen molar-refractivity contribution in [1.29, 1.82) is 0 Å². The van der Waals surface area contributed by atoms with Crippen molar-refractivity contribution in [3.63, 3.8) is 0 Å². The Balaban J connectivity index is 2.11. The molecule has 1 atom stereocenters. The molecular weight excluding hydrogens is 172 g/mol. The summed E-state index contributed by atoms with van der Waals surface area (Å²) in [5, 5.41) is 9.54.